The number of nitrogens with zero attached hydrogens (tertiary/aromatic N) is 3. The Bertz CT molecular complexity index is 1210. The van der Waals surface area contributed by atoms with Gasteiger partial charge in [-0.3, -0.25) is 15.1 Å². The van der Waals surface area contributed by atoms with E-state index < -0.39 is 0 Å². The zero-order valence-electron chi connectivity index (χ0n) is 15.5. The smallest absolute Gasteiger partial charge is 0.116 e. The molecule has 4 rings (SSSR count). The van der Waals surface area contributed by atoms with Crippen LogP contribution in [-0.4, -0.2) is 25.1 Å². The quantitative estimate of drug-likeness (QED) is 0.590. The van der Waals surface area contributed by atoms with Gasteiger partial charge in [-0.2, -0.15) is 5.10 Å². The minimum atomic E-state index is 0.849. The molecule has 4 aromatic rings. The second kappa shape index (κ2) is 7.03. The van der Waals surface area contributed by atoms with Gasteiger partial charge in [0.2, 0.25) is 0 Å². The lowest BCUT2D eigenvalue weighted by atomic mass is 10.0. The molecule has 4 aromatic heterocycles. The van der Waals surface area contributed by atoms with Gasteiger partial charge in [-0.1, -0.05) is 19.6 Å². The summed E-state index contributed by atoms with van der Waals surface area (Å²) in [4.78, 5) is 12.1. The third-order valence-electron chi connectivity index (χ3n) is 4.66. The molecule has 2 N–H and O–H groups in total. The van der Waals surface area contributed by atoms with E-state index in [2.05, 4.69) is 50.8 Å². The van der Waals surface area contributed by atoms with Crippen molar-refractivity contribution in [3.05, 3.63) is 71.1 Å². The Hall–Kier alpha value is -3.47. The van der Waals surface area contributed by atoms with Crippen LogP contribution < -0.4 is 10.6 Å². The lowest BCUT2D eigenvalue weighted by molar-refractivity contribution is 1.06. The first-order valence-electron chi connectivity index (χ1n) is 8.99. The van der Waals surface area contributed by atoms with E-state index in [0.717, 1.165) is 50.5 Å². The second-order valence-electron chi connectivity index (χ2n) is 6.41. The molecular formula is C22H21N5. The number of aryl methyl sites for hydroxylation is 1. The maximum absolute atomic E-state index is 4.53. The van der Waals surface area contributed by atoms with E-state index in [0.29, 0.717) is 0 Å². The fourth-order valence-corrected chi connectivity index (χ4v) is 3.13. The fourth-order valence-electron chi connectivity index (χ4n) is 3.13. The summed E-state index contributed by atoms with van der Waals surface area (Å²) < 4.78 is 0. The number of allylic oxidation sites excluding steroid dienone is 1. The van der Waals surface area contributed by atoms with Gasteiger partial charge in [0.1, 0.15) is 5.69 Å². The molecule has 0 aliphatic carbocycles. The molecule has 0 aromatic carbocycles. The molecule has 0 saturated carbocycles. The molecule has 0 aliphatic heterocycles. The molecule has 4 heterocycles. The van der Waals surface area contributed by atoms with E-state index in [9.17, 15) is 0 Å². The monoisotopic (exact) mass is 355 g/mol. The van der Waals surface area contributed by atoms with Crippen molar-refractivity contribution < 1.29 is 0 Å². The van der Waals surface area contributed by atoms with Crippen LogP contribution in [0.25, 0.3) is 40.1 Å². The van der Waals surface area contributed by atoms with Gasteiger partial charge in [0, 0.05) is 23.8 Å². The van der Waals surface area contributed by atoms with E-state index >= 15 is 0 Å². The molecule has 5 heteroatoms. The molecule has 0 bridgehead atoms. The predicted molar refractivity (Wildman–Crippen MR) is 110 cm³/mol. The summed E-state index contributed by atoms with van der Waals surface area (Å²) in [5.74, 6) is 0. The molecule has 0 atom stereocenters. The molecule has 0 radical (unpaired) electrons. The van der Waals surface area contributed by atoms with Crippen LogP contribution in [-0.2, 0) is 6.42 Å². The summed E-state index contributed by atoms with van der Waals surface area (Å²) in [6, 6.07) is 8.08. The van der Waals surface area contributed by atoms with Gasteiger partial charge in [-0.05, 0) is 60.4 Å². The van der Waals surface area contributed by atoms with Gasteiger partial charge in [0.15, 0.2) is 0 Å². The van der Waals surface area contributed by atoms with Crippen LogP contribution in [0, 0.1) is 0 Å². The van der Waals surface area contributed by atoms with Crippen LogP contribution in [0.3, 0.4) is 0 Å². The maximum atomic E-state index is 4.53. The van der Waals surface area contributed by atoms with Crippen molar-refractivity contribution in [1.29, 1.82) is 0 Å². The summed E-state index contributed by atoms with van der Waals surface area (Å²) >= 11 is 0. The average Bonchev–Trinajstić information content (AvgIpc) is 3.31. The van der Waals surface area contributed by atoms with Crippen molar-refractivity contribution in [3.63, 3.8) is 0 Å². The SMILES string of the molecule is C=C(/C=c1/c(-c2cc3ncccc3[nH]2)n[nH]/c1=C/C)c1cncc(CC)c1. The fraction of sp³-hybridized carbons (Fsp3) is 0.136. The largest absolute Gasteiger partial charge is 0.352 e. The molecule has 0 fully saturated rings. The Kier molecular flexibility index (Phi) is 4.42. The molecule has 27 heavy (non-hydrogen) atoms. The van der Waals surface area contributed by atoms with E-state index in [1.54, 1.807) is 6.20 Å². The summed E-state index contributed by atoms with van der Waals surface area (Å²) in [6.45, 7) is 8.36. The number of nitrogens with one attached hydrogen (secondary N) is 2. The first kappa shape index (κ1) is 17.0. The molecule has 134 valence electrons. The number of pyridine rings is 2. The Balaban J connectivity index is 1.86. The minimum absolute atomic E-state index is 0.849. The summed E-state index contributed by atoms with van der Waals surface area (Å²) in [5, 5.41) is 9.59. The Morgan fingerprint density at radius 2 is 2.15 bits per heavy atom. The van der Waals surface area contributed by atoms with Gasteiger partial charge in [-0.15, -0.1) is 0 Å². The molecule has 5 nitrogen and oxygen atoms in total. The Labute approximate surface area is 157 Å². The van der Waals surface area contributed by atoms with E-state index in [4.69, 9.17) is 0 Å². The van der Waals surface area contributed by atoms with Crippen molar-refractivity contribution in [1.82, 2.24) is 25.1 Å². The lowest BCUT2D eigenvalue weighted by Crippen LogP contribution is -2.23. The van der Waals surface area contributed by atoms with Crippen molar-refractivity contribution in [2.75, 3.05) is 0 Å². The zero-order chi connectivity index (χ0) is 18.8. The van der Waals surface area contributed by atoms with Crippen LogP contribution in [0.15, 0.2) is 49.4 Å². The molecule has 0 unspecified atom stereocenters. The van der Waals surface area contributed by atoms with Crippen molar-refractivity contribution in [2.45, 2.75) is 20.3 Å². The van der Waals surface area contributed by atoms with E-state index in [1.807, 2.05) is 43.6 Å². The normalized spacial score (nSPS) is 12.8. The van der Waals surface area contributed by atoms with Gasteiger partial charge in [0.05, 0.1) is 22.1 Å². The third kappa shape index (κ3) is 3.19. The number of H-pyrrole nitrogens is 2. The Morgan fingerprint density at radius 1 is 1.26 bits per heavy atom. The highest BCUT2D eigenvalue weighted by Gasteiger charge is 2.10. The average molecular weight is 355 g/mol. The van der Waals surface area contributed by atoms with Crippen LogP contribution >= 0.6 is 0 Å². The van der Waals surface area contributed by atoms with Crippen molar-refractivity contribution in [2.24, 2.45) is 0 Å². The number of rotatable bonds is 4. The lowest BCUT2D eigenvalue weighted by Gasteiger charge is -2.02. The molecular weight excluding hydrogens is 334 g/mol. The van der Waals surface area contributed by atoms with Crippen molar-refractivity contribution >= 4 is 28.8 Å². The van der Waals surface area contributed by atoms with Crippen LogP contribution in [0.1, 0.15) is 25.0 Å². The van der Waals surface area contributed by atoms with Crippen LogP contribution in [0.5, 0.6) is 0 Å². The zero-order valence-corrected chi connectivity index (χ0v) is 15.5. The van der Waals surface area contributed by atoms with Gasteiger partial charge < -0.3 is 4.98 Å². The summed E-state index contributed by atoms with van der Waals surface area (Å²) in [6.07, 6.45) is 10.5. The highest BCUT2D eigenvalue weighted by atomic mass is 15.1. The first-order chi connectivity index (χ1) is 13.2. The molecule has 0 aliphatic rings. The van der Waals surface area contributed by atoms with Crippen LogP contribution in [0.2, 0.25) is 0 Å². The minimum Gasteiger partial charge on any atom is -0.352 e. The topological polar surface area (TPSA) is 70.2 Å². The number of hydrogen-bond acceptors (Lipinski definition) is 3. The molecule has 0 saturated heterocycles. The van der Waals surface area contributed by atoms with Crippen LogP contribution in [0.4, 0.5) is 0 Å². The maximum Gasteiger partial charge on any atom is 0.116 e. The predicted octanol–water partition coefficient (Wildman–Crippen LogP) is 3.20. The van der Waals surface area contributed by atoms with Gasteiger partial charge in [0.25, 0.3) is 0 Å². The van der Waals surface area contributed by atoms with E-state index in [1.165, 1.54) is 5.56 Å². The molecule has 0 spiro atoms. The second-order valence-corrected chi connectivity index (χ2v) is 6.41. The van der Waals surface area contributed by atoms with Gasteiger partial charge >= 0.3 is 0 Å². The van der Waals surface area contributed by atoms with Crippen molar-refractivity contribution in [3.8, 4) is 11.4 Å². The number of aromatic amines is 2. The van der Waals surface area contributed by atoms with Gasteiger partial charge in [-0.25, -0.2) is 0 Å². The number of aromatic nitrogens is 5. The number of fused-ring (bicyclic) bond motifs is 1. The Morgan fingerprint density at radius 3 is 2.93 bits per heavy atom. The first-order valence-corrected chi connectivity index (χ1v) is 8.99. The standard InChI is InChI=1S/C22H21N5/c1-4-15-10-16(13-23-12-15)14(3)9-17-18(5-2)26-27-22(17)21-11-20-19(25-21)7-6-8-24-20/h5-13,25-26H,3-4H2,1-2H3/b17-9+,18-5+. The third-order valence-corrected chi connectivity index (χ3v) is 4.66. The highest BCUT2D eigenvalue weighted by molar-refractivity contribution is 5.89. The van der Waals surface area contributed by atoms with E-state index in [-0.39, 0.29) is 0 Å². The number of hydrogen-bond donors (Lipinski definition) is 2. The highest BCUT2D eigenvalue weighted by Crippen LogP contribution is 2.19. The molecule has 0 amide bonds. The summed E-state index contributed by atoms with van der Waals surface area (Å²) in [5.41, 5.74) is 6.79. The summed E-state index contributed by atoms with van der Waals surface area (Å²) in [7, 11) is 0.